The number of hydrogen-bond donors (Lipinski definition) is 1. The van der Waals surface area contributed by atoms with Crippen LogP contribution >= 0.6 is 0 Å². The Morgan fingerprint density at radius 3 is 3.00 bits per heavy atom. The first-order chi connectivity index (χ1) is 13.2. The van der Waals surface area contributed by atoms with Gasteiger partial charge in [0.1, 0.15) is 0 Å². The number of aryl methyl sites for hydroxylation is 1. The quantitative estimate of drug-likeness (QED) is 0.889. The summed E-state index contributed by atoms with van der Waals surface area (Å²) >= 11 is 0. The van der Waals surface area contributed by atoms with E-state index in [0.29, 0.717) is 18.6 Å². The zero-order valence-corrected chi connectivity index (χ0v) is 16.0. The smallest absolute Gasteiger partial charge is 0.225 e. The lowest BCUT2D eigenvalue weighted by Gasteiger charge is -2.36. The van der Waals surface area contributed by atoms with Gasteiger partial charge in [-0.3, -0.25) is 4.90 Å². The van der Waals surface area contributed by atoms with E-state index in [2.05, 4.69) is 32.5 Å². The minimum atomic E-state index is -0.256. The van der Waals surface area contributed by atoms with Gasteiger partial charge in [0.25, 0.3) is 0 Å². The zero-order valence-electron chi connectivity index (χ0n) is 16.0. The van der Waals surface area contributed by atoms with Gasteiger partial charge in [0, 0.05) is 62.6 Å². The molecule has 5 rings (SSSR count). The van der Waals surface area contributed by atoms with Crippen LogP contribution in [0.2, 0.25) is 0 Å². The van der Waals surface area contributed by atoms with Crippen LogP contribution in [0.4, 0.5) is 5.95 Å². The monoisotopic (exact) mass is 368 g/mol. The van der Waals surface area contributed by atoms with E-state index in [-0.39, 0.29) is 6.10 Å². The van der Waals surface area contributed by atoms with Gasteiger partial charge < -0.3 is 14.6 Å². The van der Waals surface area contributed by atoms with Gasteiger partial charge in [0.15, 0.2) is 0 Å². The van der Waals surface area contributed by atoms with Crippen LogP contribution in [0.15, 0.2) is 18.7 Å². The number of aliphatic hydroxyl groups is 1. The zero-order chi connectivity index (χ0) is 18.4. The summed E-state index contributed by atoms with van der Waals surface area (Å²) in [6.45, 7) is 5.67. The van der Waals surface area contributed by atoms with Crippen LogP contribution in [0.3, 0.4) is 0 Å². The summed E-state index contributed by atoms with van der Waals surface area (Å²) in [7, 11) is 0. The summed E-state index contributed by atoms with van der Waals surface area (Å²) in [5, 5.41) is 9.96. The van der Waals surface area contributed by atoms with Gasteiger partial charge in [-0.15, -0.1) is 0 Å². The highest BCUT2D eigenvalue weighted by atomic mass is 16.3. The number of β-amino-alcohol motifs (C(OH)–C–C–N with tert-alkyl or cyclic N) is 1. The highest BCUT2D eigenvalue weighted by Crippen LogP contribution is 2.44. The van der Waals surface area contributed by atoms with Crippen molar-refractivity contribution in [1.29, 1.82) is 0 Å². The van der Waals surface area contributed by atoms with E-state index in [1.54, 1.807) is 0 Å². The predicted molar refractivity (Wildman–Crippen MR) is 102 cm³/mol. The van der Waals surface area contributed by atoms with Crippen LogP contribution in [-0.4, -0.2) is 54.8 Å². The molecule has 1 N–H and O–H groups in total. The van der Waals surface area contributed by atoms with Crippen molar-refractivity contribution >= 4 is 5.95 Å². The van der Waals surface area contributed by atoms with Crippen molar-refractivity contribution in [3.05, 3.63) is 35.7 Å². The Kier molecular flexibility index (Phi) is 4.36. The Balaban J connectivity index is 1.39. The maximum absolute atomic E-state index is 9.96. The van der Waals surface area contributed by atoms with Gasteiger partial charge in [-0.1, -0.05) is 0 Å². The molecule has 27 heavy (non-hydrogen) atoms. The largest absolute Gasteiger partial charge is 0.391 e. The lowest BCUT2D eigenvalue weighted by Crippen LogP contribution is -2.41. The SMILES string of the molecule is CCn1cncc1CN1[C@H]2CC[C@H]1c1cnc(N3CCC[C@H](O)C3)nc1C2. The highest BCUT2D eigenvalue weighted by Gasteiger charge is 2.41. The number of aromatic nitrogens is 4. The number of fused-ring (bicyclic) bond motifs is 4. The third kappa shape index (κ3) is 3.02. The van der Waals surface area contributed by atoms with Gasteiger partial charge in [-0.25, -0.2) is 15.0 Å². The van der Waals surface area contributed by atoms with E-state index in [9.17, 15) is 5.11 Å². The predicted octanol–water partition coefficient (Wildman–Crippen LogP) is 1.92. The van der Waals surface area contributed by atoms with Crippen LogP contribution in [0.5, 0.6) is 0 Å². The summed E-state index contributed by atoms with van der Waals surface area (Å²) in [5.41, 5.74) is 3.80. The van der Waals surface area contributed by atoms with Crippen LogP contribution in [-0.2, 0) is 19.5 Å². The molecular formula is C20H28N6O. The summed E-state index contributed by atoms with van der Waals surface area (Å²) < 4.78 is 2.23. The molecule has 0 aliphatic carbocycles. The van der Waals surface area contributed by atoms with E-state index in [1.165, 1.54) is 29.8 Å². The lowest BCUT2D eigenvalue weighted by molar-refractivity contribution is 0.152. The molecule has 0 saturated carbocycles. The van der Waals surface area contributed by atoms with E-state index in [4.69, 9.17) is 9.97 Å². The van der Waals surface area contributed by atoms with Crippen LogP contribution in [0.25, 0.3) is 0 Å². The Bertz CT molecular complexity index is 821. The topological polar surface area (TPSA) is 70.3 Å². The number of imidazole rings is 1. The van der Waals surface area contributed by atoms with E-state index in [1.807, 2.05) is 12.5 Å². The molecule has 7 heteroatoms. The Labute approximate surface area is 160 Å². The van der Waals surface area contributed by atoms with E-state index >= 15 is 0 Å². The second kappa shape index (κ2) is 6.87. The number of anilines is 1. The van der Waals surface area contributed by atoms with E-state index < -0.39 is 0 Å². The fraction of sp³-hybridized carbons (Fsp3) is 0.650. The number of aliphatic hydroxyl groups excluding tert-OH is 1. The van der Waals surface area contributed by atoms with Crippen molar-refractivity contribution in [2.24, 2.45) is 0 Å². The lowest BCUT2D eigenvalue weighted by atomic mass is 9.99. The molecule has 2 saturated heterocycles. The minimum absolute atomic E-state index is 0.256. The Morgan fingerprint density at radius 1 is 1.22 bits per heavy atom. The first-order valence-corrected chi connectivity index (χ1v) is 10.3. The van der Waals surface area contributed by atoms with Crippen molar-refractivity contribution < 1.29 is 5.11 Å². The number of nitrogens with zero attached hydrogens (tertiary/aromatic N) is 6. The van der Waals surface area contributed by atoms with Gasteiger partial charge in [-0.05, 0) is 32.6 Å². The maximum Gasteiger partial charge on any atom is 0.225 e. The molecule has 0 amide bonds. The van der Waals surface area contributed by atoms with E-state index in [0.717, 1.165) is 44.8 Å². The van der Waals surface area contributed by atoms with Crippen molar-refractivity contribution in [2.45, 2.75) is 70.3 Å². The second-order valence-corrected chi connectivity index (χ2v) is 8.11. The average molecular weight is 368 g/mol. The first kappa shape index (κ1) is 17.1. The molecule has 0 aromatic carbocycles. The highest BCUT2D eigenvalue weighted by molar-refractivity contribution is 5.37. The van der Waals surface area contributed by atoms with Crippen molar-refractivity contribution in [3.63, 3.8) is 0 Å². The maximum atomic E-state index is 9.96. The molecular weight excluding hydrogens is 340 g/mol. The van der Waals surface area contributed by atoms with Gasteiger partial charge in [0.05, 0.1) is 23.8 Å². The molecule has 7 nitrogen and oxygen atoms in total. The van der Waals surface area contributed by atoms with Gasteiger partial charge in [0.2, 0.25) is 5.95 Å². The molecule has 5 heterocycles. The number of hydrogen-bond acceptors (Lipinski definition) is 6. The molecule has 2 aromatic heterocycles. The van der Waals surface area contributed by atoms with Crippen molar-refractivity contribution in [1.82, 2.24) is 24.4 Å². The van der Waals surface area contributed by atoms with Crippen LogP contribution < -0.4 is 4.90 Å². The Morgan fingerprint density at radius 2 is 2.15 bits per heavy atom. The Hall–Kier alpha value is -1.99. The molecule has 0 spiro atoms. The molecule has 2 bridgehead atoms. The molecule has 2 fully saturated rings. The van der Waals surface area contributed by atoms with Crippen LogP contribution in [0, 0.1) is 0 Å². The molecule has 3 atom stereocenters. The molecule has 0 radical (unpaired) electrons. The van der Waals surface area contributed by atoms with Crippen molar-refractivity contribution in [2.75, 3.05) is 18.0 Å². The van der Waals surface area contributed by atoms with Gasteiger partial charge in [-0.2, -0.15) is 0 Å². The summed E-state index contributed by atoms with van der Waals surface area (Å²) in [5.74, 6) is 0.796. The fourth-order valence-corrected chi connectivity index (χ4v) is 5.05. The minimum Gasteiger partial charge on any atom is -0.391 e. The summed E-state index contributed by atoms with van der Waals surface area (Å²) in [6.07, 6.45) is 11.0. The molecule has 144 valence electrons. The summed E-state index contributed by atoms with van der Waals surface area (Å²) in [4.78, 5) is 18.7. The fourth-order valence-electron chi connectivity index (χ4n) is 5.05. The standard InChI is InChI=1S/C20H28N6O/c1-2-24-13-21-9-15(24)11-26-14-5-6-19(26)17-10-22-20(23-18(17)8-14)25-7-3-4-16(27)12-25/h9-10,13-14,16,19,27H,2-8,11-12H2,1H3/t14-,16-,19-/m0/s1. The molecule has 3 aliphatic rings. The summed E-state index contributed by atoms with van der Waals surface area (Å²) in [6, 6.07) is 0.970. The third-order valence-corrected chi connectivity index (χ3v) is 6.48. The van der Waals surface area contributed by atoms with Crippen LogP contribution in [0.1, 0.15) is 55.6 Å². The number of piperidine rings is 1. The molecule has 0 unspecified atom stereocenters. The molecule has 3 aliphatic heterocycles. The normalized spacial score (nSPS) is 27.8. The third-order valence-electron chi connectivity index (χ3n) is 6.48. The van der Waals surface area contributed by atoms with Gasteiger partial charge >= 0.3 is 0 Å². The van der Waals surface area contributed by atoms with Crippen molar-refractivity contribution in [3.8, 4) is 0 Å². The molecule has 2 aromatic rings. The average Bonchev–Trinajstić information content (AvgIpc) is 3.24. The number of rotatable bonds is 4. The second-order valence-electron chi connectivity index (χ2n) is 8.11. The first-order valence-electron chi connectivity index (χ1n) is 10.3.